The Morgan fingerprint density at radius 1 is 1.21 bits per heavy atom. The molecule has 0 bridgehead atoms. The van der Waals surface area contributed by atoms with E-state index in [1.54, 1.807) is 27.0 Å². The first kappa shape index (κ1) is 15.9. The summed E-state index contributed by atoms with van der Waals surface area (Å²) in [6.45, 7) is 5.39. The van der Waals surface area contributed by atoms with E-state index >= 15 is 0 Å². The Morgan fingerprint density at radius 3 is 2.21 bits per heavy atom. The van der Waals surface area contributed by atoms with Crippen molar-refractivity contribution in [3.8, 4) is 0 Å². The van der Waals surface area contributed by atoms with E-state index in [0.29, 0.717) is 10.5 Å². The number of benzene rings is 1. The van der Waals surface area contributed by atoms with Gasteiger partial charge in [-0.15, -0.1) is 11.8 Å². The van der Waals surface area contributed by atoms with Crippen LogP contribution in [0.15, 0.2) is 23.1 Å². The monoisotopic (exact) mass is 292 g/mol. The van der Waals surface area contributed by atoms with Crippen LogP contribution in [-0.4, -0.2) is 28.0 Å². The molecule has 0 saturated carbocycles. The van der Waals surface area contributed by atoms with Gasteiger partial charge in [0.1, 0.15) is 0 Å². The van der Waals surface area contributed by atoms with E-state index in [4.69, 9.17) is 0 Å². The van der Waals surface area contributed by atoms with Crippen LogP contribution in [-0.2, 0) is 6.18 Å². The van der Waals surface area contributed by atoms with Gasteiger partial charge in [0.05, 0.1) is 11.1 Å². The second-order valence-corrected chi connectivity index (χ2v) is 5.95. The number of alkyl halides is 3. The summed E-state index contributed by atoms with van der Waals surface area (Å²) in [4.78, 5) is 0.470. The van der Waals surface area contributed by atoms with Crippen molar-refractivity contribution in [3.05, 3.63) is 29.3 Å². The second-order valence-electron chi connectivity index (χ2n) is 5.10. The molecule has 0 atom stereocenters. The van der Waals surface area contributed by atoms with E-state index in [2.05, 4.69) is 0 Å². The van der Waals surface area contributed by atoms with Crippen molar-refractivity contribution >= 4 is 18.0 Å². The number of hydrogen-bond donors (Lipinski definition) is 1. The van der Waals surface area contributed by atoms with Crippen molar-refractivity contribution in [1.82, 2.24) is 0 Å². The van der Waals surface area contributed by atoms with E-state index in [0.717, 1.165) is 16.9 Å². The maximum absolute atomic E-state index is 12.6. The Balaban J connectivity index is 3.25. The van der Waals surface area contributed by atoms with E-state index in [-0.39, 0.29) is 0 Å². The number of halogens is 3. The molecular formula is C13H17F3NOS+. The van der Waals surface area contributed by atoms with Gasteiger partial charge >= 0.3 is 6.18 Å². The van der Waals surface area contributed by atoms with Crippen LogP contribution in [0.4, 0.5) is 13.2 Å². The van der Waals surface area contributed by atoms with Crippen molar-refractivity contribution in [2.45, 2.75) is 37.4 Å². The molecule has 0 fully saturated rings. The summed E-state index contributed by atoms with van der Waals surface area (Å²) in [6, 6.07) is 3.47. The lowest BCUT2D eigenvalue weighted by Crippen LogP contribution is -2.31. The molecule has 0 saturated heterocycles. The molecule has 1 rings (SSSR count). The summed E-state index contributed by atoms with van der Waals surface area (Å²) in [5.74, 6) is 0. The molecule has 1 aromatic rings. The minimum absolute atomic E-state index is 0.470. The average molecular weight is 292 g/mol. The zero-order chi connectivity index (χ0) is 14.8. The van der Waals surface area contributed by atoms with E-state index < -0.39 is 17.3 Å². The van der Waals surface area contributed by atoms with E-state index in [1.165, 1.54) is 24.0 Å². The first-order chi connectivity index (χ1) is 8.55. The predicted molar refractivity (Wildman–Crippen MR) is 70.2 cm³/mol. The van der Waals surface area contributed by atoms with Gasteiger partial charge in [0, 0.05) is 25.7 Å². The fourth-order valence-corrected chi connectivity index (χ4v) is 1.92. The molecule has 106 valence electrons. The molecule has 0 aliphatic rings. The summed E-state index contributed by atoms with van der Waals surface area (Å²) in [6.07, 6.45) is -1.22. The Kier molecular flexibility index (Phi) is 4.55. The number of hydroxylamine groups is 1. The molecule has 0 spiro atoms. The first-order valence-electron chi connectivity index (χ1n) is 5.64. The SMILES string of the molecule is CSc1cc(C(F)(F)F)ccc1C=[N+](O)C(C)(C)C. The van der Waals surface area contributed by atoms with Gasteiger partial charge in [0.2, 0.25) is 11.8 Å². The van der Waals surface area contributed by atoms with Crippen LogP contribution in [0.3, 0.4) is 0 Å². The maximum Gasteiger partial charge on any atom is 0.416 e. The zero-order valence-electron chi connectivity index (χ0n) is 11.2. The molecule has 1 aromatic carbocycles. The fourth-order valence-electron chi connectivity index (χ4n) is 1.32. The van der Waals surface area contributed by atoms with Crippen LogP contribution < -0.4 is 0 Å². The fraction of sp³-hybridized carbons (Fsp3) is 0.462. The minimum Gasteiger partial charge on any atom is -0.290 e. The highest BCUT2D eigenvalue weighted by Gasteiger charge is 2.31. The van der Waals surface area contributed by atoms with E-state index in [1.807, 2.05) is 0 Å². The number of nitrogens with zero attached hydrogens (tertiary/aromatic N) is 1. The molecule has 2 nitrogen and oxygen atoms in total. The third-order valence-electron chi connectivity index (χ3n) is 2.51. The summed E-state index contributed by atoms with van der Waals surface area (Å²) in [7, 11) is 0. The van der Waals surface area contributed by atoms with E-state index in [9.17, 15) is 18.4 Å². The molecule has 0 aliphatic heterocycles. The Hall–Kier alpha value is -1.17. The molecule has 6 heteroatoms. The van der Waals surface area contributed by atoms with Gasteiger partial charge in [-0.3, -0.25) is 5.21 Å². The average Bonchev–Trinajstić information content (AvgIpc) is 2.26. The van der Waals surface area contributed by atoms with Crippen molar-refractivity contribution in [3.63, 3.8) is 0 Å². The Labute approximate surface area is 114 Å². The Bertz CT molecular complexity index is 490. The highest BCUT2D eigenvalue weighted by molar-refractivity contribution is 7.98. The summed E-state index contributed by atoms with van der Waals surface area (Å²) in [5, 5.41) is 9.83. The standard InChI is InChI=1S/C13H17F3NOS/c1-12(2,3)17(18)8-9-5-6-10(13(14,15)16)7-11(9)19-4/h5-8,18H,1-4H3/q+1. The summed E-state index contributed by atoms with van der Waals surface area (Å²) < 4.78 is 38.8. The number of rotatable bonds is 2. The molecule has 0 radical (unpaired) electrons. The normalized spacial score (nSPS) is 13.7. The molecule has 0 aliphatic carbocycles. The van der Waals surface area contributed by atoms with Gasteiger partial charge in [0.25, 0.3) is 0 Å². The molecule has 19 heavy (non-hydrogen) atoms. The van der Waals surface area contributed by atoms with Gasteiger partial charge in [-0.25, -0.2) is 0 Å². The molecule has 1 N–H and O–H groups in total. The lowest BCUT2D eigenvalue weighted by atomic mass is 10.1. The van der Waals surface area contributed by atoms with Gasteiger partial charge in [-0.2, -0.15) is 13.2 Å². The summed E-state index contributed by atoms with van der Waals surface area (Å²) in [5.41, 5.74) is -0.648. The molecular weight excluding hydrogens is 275 g/mol. The maximum atomic E-state index is 12.6. The number of thioether (sulfide) groups is 1. The van der Waals surface area contributed by atoms with Crippen molar-refractivity contribution < 1.29 is 23.1 Å². The van der Waals surface area contributed by atoms with Crippen LogP contribution >= 0.6 is 11.8 Å². The van der Waals surface area contributed by atoms with Crippen molar-refractivity contribution in [2.75, 3.05) is 6.26 Å². The Morgan fingerprint density at radius 2 is 1.79 bits per heavy atom. The third-order valence-corrected chi connectivity index (χ3v) is 3.30. The quantitative estimate of drug-likeness (QED) is 0.292. The lowest BCUT2D eigenvalue weighted by Gasteiger charge is -2.11. The van der Waals surface area contributed by atoms with Crippen molar-refractivity contribution in [2.24, 2.45) is 0 Å². The van der Waals surface area contributed by atoms with Crippen LogP contribution in [0.2, 0.25) is 0 Å². The van der Waals surface area contributed by atoms with Gasteiger partial charge in [0.15, 0.2) is 0 Å². The van der Waals surface area contributed by atoms with Crippen LogP contribution in [0.1, 0.15) is 31.9 Å². The lowest BCUT2D eigenvalue weighted by molar-refractivity contribution is -0.816. The highest BCUT2D eigenvalue weighted by Crippen LogP contribution is 2.32. The zero-order valence-corrected chi connectivity index (χ0v) is 12.1. The largest absolute Gasteiger partial charge is 0.416 e. The first-order valence-corrected chi connectivity index (χ1v) is 6.86. The topological polar surface area (TPSA) is 23.2 Å². The highest BCUT2D eigenvalue weighted by atomic mass is 32.2. The van der Waals surface area contributed by atoms with Crippen molar-refractivity contribution in [1.29, 1.82) is 0 Å². The second kappa shape index (κ2) is 5.45. The van der Waals surface area contributed by atoms with Gasteiger partial charge in [-0.05, 0) is 29.2 Å². The van der Waals surface area contributed by atoms with Crippen LogP contribution in [0.5, 0.6) is 0 Å². The van der Waals surface area contributed by atoms with Crippen LogP contribution in [0.25, 0.3) is 0 Å². The molecule has 0 heterocycles. The predicted octanol–water partition coefficient (Wildman–Crippen LogP) is 4.05. The molecule has 0 amide bonds. The van der Waals surface area contributed by atoms with Gasteiger partial charge in [-0.1, -0.05) is 0 Å². The molecule has 0 unspecified atom stereocenters. The number of hydrogen-bond acceptors (Lipinski definition) is 2. The molecule has 0 aromatic heterocycles. The van der Waals surface area contributed by atoms with Gasteiger partial charge < -0.3 is 0 Å². The van der Waals surface area contributed by atoms with Crippen LogP contribution in [0, 0.1) is 0 Å². The summed E-state index contributed by atoms with van der Waals surface area (Å²) >= 11 is 1.21. The third kappa shape index (κ3) is 4.16. The minimum atomic E-state index is -4.36. The smallest absolute Gasteiger partial charge is 0.290 e.